The first kappa shape index (κ1) is 21.3. The maximum Gasteiger partial charge on any atom is 0.327 e. The summed E-state index contributed by atoms with van der Waals surface area (Å²) in [6.45, 7) is 0. The standard InChI is InChI=1S/C14H23N5O4S2/c1-25-3-2-10(13(21)19-11(6-24)14(22)23)18-12(20)9(15)4-8-5-16-7-17-8/h5,7,9-11,24H,2-4,6,15H2,1H3,(H,16,17)(H,18,20)(H,19,21)(H,22,23). The largest absolute Gasteiger partial charge is 0.480 e. The maximum absolute atomic E-state index is 12.3. The number of nitrogens with two attached hydrogens (primary N) is 1. The van der Waals surface area contributed by atoms with Crippen LogP contribution in [0, 0.1) is 0 Å². The molecule has 3 unspecified atom stereocenters. The van der Waals surface area contributed by atoms with Gasteiger partial charge >= 0.3 is 5.97 Å². The van der Waals surface area contributed by atoms with Crippen LogP contribution in [0.1, 0.15) is 12.1 Å². The molecule has 2 amide bonds. The lowest BCUT2D eigenvalue weighted by Gasteiger charge is -2.22. The predicted octanol–water partition coefficient (Wildman–Crippen LogP) is -0.983. The lowest BCUT2D eigenvalue weighted by Crippen LogP contribution is -2.55. The third-order valence-corrected chi connectivity index (χ3v) is 4.38. The molecule has 0 spiro atoms. The number of thioether (sulfide) groups is 1. The summed E-state index contributed by atoms with van der Waals surface area (Å²) in [6, 6.07) is -2.84. The molecule has 0 bridgehead atoms. The Hall–Kier alpha value is -1.72. The SMILES string of the molecule is CSCCC(NC(=O)C(N)Cc1cnc[nH]1)C(=O)NC(CS)C(=O)O. The van der Waals surface area contributed by atoms with Crippen molar-refractivity contribution in [3.8, 4) is 0 Å². The number of carboxylic acids is 1. The van der Waals surface area contributed by atoms with Crippen LogP contribution in [-0.4, -0.2) is 68.7 Å². The van der Waals surface area contributed by atoms with E-state index >= 15 is 0 Å². The Morgan fingerprint density at radius 3 is 2.56 bits per heavy atom. The molecule has 0 aliphatic heterocycles. The zero-order valence-electron chi connectivity index (χ0n) is 13.8. The molecule has 3 atom stereocenters. The Kier molecular flexibility index (Phi) is 9.39. The highest BCUT2D eigenvalue weighted by atomic mass is 32.2. The van der Waals surface area contributed by atoms with Crippen molar-refractivity contribution in [2.24, 2.45) is 5.73 Å². The number of aliphatic carboxylic acids is 1. The van der Waals surface area contributed by atoms with E-state index in [-0.39, 0.29) is 12.2 Å². The number of imidazole rings is 1. The van der Waals surface area contributed by atoms with Gasteiger partial charge in [0.1, 0.15) is 12.1 Å². The van der Waals surface area contributed by atoms with Gasteiger partial charge in [0, 0.05) is 24.1 Å². The molecule has 0 aliphatic rings. The quantitative estimate of drug-likeness (QED) is 0.266. The summed E-state index contributed by atoms with van der Waals surface area (Å²) >= 11 is 5.41. The maximum atomic E-state index is 12.3. The van der Waals surface area contributed by atoms with Gasteiger partial charge in [0.25, 0.3) is 0 Å². The van der Waals surface area contributed by atoms with Gasteiger partial charge in [-0.05, 0) is 18.4 Å². The molecule has 0 aliphatic carbocycles. The molecular formula is C14H23N5O4S2. The van der Waals surface area contributed by atoms with E-state index in [9.17, 15) is 14.4 Å². The number of hydrogen-bond donors (Lipinski definition) is 6. The van der Waals surface area contributed by atoms with E-state index in [0.717, 1.165) is 0 Å². The van der Waals surface area contributed by atoms with Crippen molar-refractivity contribution in [1.82, 2.24) is 20.6 Å². The first-order valence-electron chi connectivity index (χ1n) is 7.55. The predicted molar refractivity (Wildman–Crippen MR) is 98.6 cm³/mol. The molecule has 1 rings (SSSR count). The van der Waals surface area contributed by atoms with Crippen LogP contribution in [0.15, 0.2) is 12.5 Å². The average molecular weight is 390 g/mol. The lowest BCUT2D eigenvalue weighted by atomic mass is 10.1. The molecule has 6 N–H and O–H groups in total. The van der Waals surface area contributed by atoms with E-state index in [1.54, 1.807) is 6.20 Å². The van der Waals surface area contributed by atoms with E-state index in [2.05, 4.69) is 33.2 Å². The third kappa shape index (κ3) is 7.36. The Morgan fingerprint density at radius 1 is 1.36 bits per heavy atom. The van der Waals surface area contributed by atoms with Crippen molar-refractivity contribution in [3.05, 3.63) is 18.2 Å². The van der Waals surface area contributed by atoms with Crippen LogP contribution in [0.3, 0.4) is 0 Å². The smallest absolute Gasteiger partial charge is 0.327 e. The number of rotatable bonds is 11. The second-order valence-electron chi connectivity index (χ2n) is 5.31. The molecule has 0 aromatic carbocycles. The van der Waals surface area contributed by atoms with E-state index in [1.165, 1.54) is 18.1 Å². The summed E-state index contributed by atoms with van der Waals surface area (Å²) in [5.41, 5.74) is 6.56. The molecule has 25 heavy (non-hydrogen) atoms. The molecule has 11 heteroatoms. The van der Waals surface area contributed by atoms with Gasteiger partial charge in [0.05, 0.1) is 12.4 Å². The fourth-order valence-electron chi connectivity index (χ4n) is 1.97. The summed E-state index contributed by atoms with van der Waals surface area (Å²) in [5.74, 6) is -1.68. The van der Waals surface area contributed by atoms with E-state index in [4.69, 9.17) is 10.8 Å². The topological polar surface area (TPSA) is 150 Å². The fraction of sp³-hybridized carbons (Fsp3) is 0.571. The van der Waals surface area contributed by atoms with Gasteiger partial charge in [0.15, 0.2) is 0 Å². The first-order chi connectivity index (χ1) is 11.9. The van der Waals surface area contributed by atoms with Crippen LogP contribution in [0.25, 0.3) is 0 Å². The minimum atomic E-state index is -1.19. The molecule has 0 saturated carbocycles. The number of nitrogens with one attached hydrogen (secondary N) is 3. The molecule has 9 nitrogen and oxygen atoms in total. The second-order valence-corrected chi connectivity index (χ2v) is 6.66. The molecular weight excluding hydrogens is 366 g/mol. The number of hydrogen-bond acceptors (Lipinski definition) is 7. The van der Waals surface area contributed by atoms with Crippen LogP contribution in [0.4, 0.5) is 0 Å². The monoisotopic (exact) mass is 389 g/mol. The van der Waals surface area contributed by atoms with Crippen molar-refractivity contribution in [2.75, 3.05) is 17.8 Å². The van der Waals surface area contributed by atoms with Gasteiger partial charge < -0.3 is 26.5 Å². The number of aromatic nitrogens is 2. The zero-order chi connectivity index (χ0) is 18.8. The Morgan fingerprint density at radius 2 is 2.04 bits per heavy atom. The molecule has 1 heterocycles. The summed E-state index contributed by atoms with van der Waals surface area (Å²) < 4.78 is 0. The number of nitrogens with zero attached hydrogens (tertiary/aromatic N) is 1. The van der Waals surface area contributed by atoms with Crippen molar-refractivity contribution in [2.45, 2.75) is 31.0 Å². The normalized spacial score (nSPS) is 14.4. The highest BCUT2D eigenvalue weighted by molar-refractivity contribution is 7.98. The van der Waals surface area contributed by atoms with Gasteiger partial charge in [-0.25, -0.2) is 9.78 Å². The zero-order valence-corrected chi connectivity index (χ0v) is 15.5. The molecule has 0 saturated heterocycles. The minimum absolute atomic E-state index is 0.0520. The van der Waals surface area contributed by atoms with Gasteiger partial charge in [-0.1, -0.05) is 0 Å². The summed E-state index contributed by atoms with van der Waals surface area (Å²) in [7, 11) is 0. The number of thiol groups is 1. The minimum Gasteiger partial charge on any atom is -0.480 e. The number of aromatic amines is 1. The Bertz CT molecular complexity index is 570. The van der Waals surface area contributed by atoms with E-state index in [0.29, 0.717) is 17.9 Å². The van der Waals surface area contributed by atoms with Gasteiger partial charge in [-0.3, -0.25) is 9.59 Å². The van der Waals surface area contributed by atoms with Gasteiger partial charge in [0.2, 0.25) is 11.8 Å². The van der Waals surface area contributed by atoms with Gasteiger partial charge in [-0.2, -0.15) is 24.4 Å². The molecule has 1 aromatic rings. The van der Waals surface area contributed by atoms with Crippen LogP contribution in [0.2, 0.25) is 0 Å². The third-order valence-electron chi connectivity index (χ3n) is 3.37. The van der Waals surface area contributed by atoms with E-state index < -0.39 is 35.9 Å². The number of H-pyrrole nitrogens is 1. The van der Waals surface area contributed by atoms with E-state index in [1.807, 2.05) is 6.26 Å². The molecule has 0 fully saturated rings. The Balaban J connectivity index is 2.68. The number of carboxylic acid groups (broad SMARTS) is 1. The van der Waals surface area contributed by atoms with Crippen LogP contribution < -0.4 is 16.4 Å². The fourth-order valence-corrected chi connectivity index (χ4v) is 2.69. The second kappa shape index (κ2) is 11.0. The highest BCUT2D eigenvalue weighted by Gasteiger charge is 2.27. The number of carbonyl (C=O) groups excluding carboxylic acids is 2. The number of amides is 2. The molecule has 1 aromatic heterocycles. The highest BCUT2D eigenvalue weighted by Crippen LogP contribution is 2.04. The van der Waals surface area contributed by atoms with Crippen molar-refractivity contribution in [3.63, 3.8) is 0 Å². The molecule has 0 radical (unpaired) electrons. The van der Waals surface area contributed by atoms with Crippen LogP contribution in [-0.2, 0) is 20.8 Å². The number of carbonyl (C=O) groups is 3. The summed E-state index contributed by atoms with van der Waals surface area (Å²) in [5, 5.41) is 14.0. The lowest BCUT2D eigenvalue weighted by molar-refractivity contribution is -0.141. The first-order valence-corrected chi connectivity index (χ1v) is 9.57. The average Bonchev–Trinajstić information content (AvgIpc) is 3.08. The van der Waals surface area contributed by atoms with Crippen molar-refractivity contribution >= 4 is 42.2 Å². The van der Waals surface area contributed by atoms with Crippen LogP contribution >= 0.6 is 24.4 Å². The van der Waals surface area contributed by atoms with Crippen LogP contribution in [0.5, 0.6) is 0 Å². The van der Waals surface area contributed by atoms with Gasteiger partial charge in [-0.15, -0.1) is 0 Å². The molecule has 140 valence electrons. The van der Waals surface area contributed by atoms with Crippen molar-refractivity contribution in [1.29, 1.82) is 0 Å². The van der Waals surface area contributed by atoms with Crippen molar-refractivity contribution < 1.29 is 19.5 Å². The Labute approximate surface area is 155 Å². The summed E-state index contributed by atoms with van der Waals surface area (Å²) in [6.07, 6.45) is 5.52. The summed E-state index contributed by atoms with van der Waals surface area (Å²) in [4.78, 5) is 42.3.